The van der Waals surface area contributed by atoms with Crippen molar-refractivity contribution in [2.45, 2.75) is 55.9 Å². The summed E-state index contributed by atoms with van der Waals surface area (Å²) in [5, 5.41) is 0. The van der Waals surface area contributed by atoms with Crippen molar-refractivity contribution in [2.24, 2.45) is 23.2 Å². The zero-order valence-corrected chi connectivity index (χ0v) is 12.5. The summed E-state index contributed by atoms with van der Waals surface area (Å²) in [6.45, 7) is 2.53. The lowest BCUT2D eigenvalue weighted by Crippen LogP contribution is -2.59. The SMILES string of the molecule is C[C@@H]1CC[C@@]23CCCC4(SCCCS4)[C@@H]2C[C@@H]13. The van der Waals surface area contributed by atoms with E-state index < -0.39 is 0 Å². The van der Waals surface area contributed by atoms with Crippen molar-refractivity contribution >= 4 is 23.5 Å². The predicted octanol–water partition coefficient (Wildman–Crippen LogP) is 4.79. The fourth-order valence-corrected chi connectivity index (χ4v) is 9.48. The van der Waals surface area contributed by atoms with E-state index >= 15 is 0 Å². The van der Waals surface area contributed by atoms with Crippen LogP contribution in [0.2, 0.25) is 0 Å². The Labute approximate surface area is 114 Å². The Morgan fingerprint density at radius 1 is 1.00 bits per heavy atom. The van der Waals surface area contributed by atoms with Gasteiger partial charge >= 0.3 is 0 Å². The molecular weight excluding hydrogens is 244 g/mol. The maximum absolute atomic E-state index is 2.53. The van der Waals surface area contributed by atoms with Gasteiger partial charge in [-0.2, -0.15) is 0 Å². The topological polar surface area (TPSA) is 0 Å². The molecule has 1 heterocycles. The molecule has 0 radical (unpaired) electrons. The van der Waals surface area contributed by atoms with Gasteiger partial charge in [-0.3, -0.25) is 0 Å². The van der Waals surface area contributed by atoms with Gasteiger partial charge in [-0.1, -0.05) is 13.3 Å². The second-order valence-corrected chi connectivity index (χ2v) is 9.97. The summed E-state index contributed by atoms with van der Waals surface area (Å²) in [5.74, 6) is 6.14. The number of rotatable bonds is 0. The quantitative estimate of drug-likeness (QED) is 0.619. The highest BCUT2D eigenvalue weighted by molar-refractivity contribution is 8.18. The smallest absolute Gasteiger partial charge is 0.0644 e. The number of hydrogen-bond donors (Lipinski definition) is 0. The van der Waals surface area contributed by atoms with Crippen LogP contribution in [0.5, 0.6) is 0 Å². The highest BCUT2D eigenvalue weighted by Crippen LogP contribution is 2.75. The van der Waals surface area contributed by atoms with Gasteiger partial charge in [0.25, 0.3) is 0 Å². The summed E-state index contributed by atoms with van der Waals surface area (Å²) < 4.78 is 0.678. The van der Waals surface area contributed by atoms with Crippen molar-refractivity contribution in [1.29, 1.82) is 0 Å². The van der Waals surface area contributed by atoms with Crippen LogP contribution in [-0.2, 0) is 0 Å². The molecule has 3 saturated carbocycles. The minimum absolute atomic E-state index is 0.678. The van der Waals surface area contributed by atoms with Crippen LogP contribution in [0.25, 0.3) is 0 Å². The first-order valence-electron chi connectivity index (χ1n) is 7.55. The van der Waals surface area contributed by atoms with E-state index in [-0.39, 0.29) is 0 Å². The summed E-state index contributed by atoms with van der Waals surface area (Å²) >= 11 is 4.72. The summed E-state index contributed by atoms with van der Waals surface area (Å²) in [6, 6.07) is 0. The van der Waals surface area contributed by atoms with Gasteiger partial charge in [0.15, 0.2) is 0 Å². The van der Waals surface area contributed by atoms with Crippen molar-refractivity contribution in [1.82, 2.24) is 0 Å². The lowest BCUT2D eigenvalue weighted by atomic mass is 9.47. The third kappa shape index (κ3) is 1.40. The van der Waals surface area contributed by atoms with E-state index in [2.05, 4.69) is 30.4 Å². The van der Waals surface area contributed by atoms with Crippen molar-refractivity contribution in [3.63, 3.8) is 0 Å². The molecule has 0 aromatic carbocycles. The van der Waals surface area contributed by atoms with Gasteiger partial charge in [-0.25, -0.2) is 0 Å². The van der Waals surface area contributed by atoms with Gasteiger partial charge < -0.3 is 0 Å². The molecule has 0 unspecified atom stereocenters. The Morgan fingerprint density at radius 2 is 1.82 bits per heavy atom. The van der Waals surface area contributed by atoms with Crippen molar-refractivity contribution < 1.29 is 0 Å². The molecule has 17 heavy (non-hydrogen) atoms. The Morgan fingerprint density at radius 3 is 2.59 bits per heavy atom. The second kappa shape index (κ2) is 3.85. The van der Waals surface area contributed by atoms with Gasteiger partial charge in [0, 0.05) is 0 Å². The van der Waals surface area contributed by atoms with Gasteiger partial charge in [-0.05, 0) is 73.2 Å². The molecule has 0 amide bonds. The van der Waals surface area contributed by atoms with Crippen LogP contribution in [0.1, 0.15) is 51.9 Å². The monoisotopic (exact) mass is 268 g/mol. The fourth-order valence-electron chi connectivity index (χ4n) is 5.55. The van der Waals surface area contributed by atoms with Gasteiger partial charge in [0.05, 0.1) is 4.08 Å². The zero-order valence-electron chi connectivity index (χ0n) is 10.9. The first-order chi connectivity index (χ1) is 8.27. The van der Waals surface area contributed by atoms with Crippen LogP contribution in [0.15, 0.2) is 0 Å². The molecule has 2 heteroatoms. The number of fused-ring (bicyclic) bond motifs is 1. The third-order valence-electron chi connectivity index (χ3n) is 6.35. The van der Waals surface area contributed by atoms with Crippen LogP contribution in [0.3, 0.4) is 0 Å². The van der Waals surface area contributed by atoms with Gasteiger partial charge in [0.1, 0.15) is 0 Å². The summed E-state index contributed by atoms with van der Waals surface area (Å²) in [4.78, 5) is 0. The third-order valence-corrected chi connectivity index (χ3v) is 10.0. The van der Waals surface area contributed by atoms with Crippen molar-refractivity contribution in [2.75, 3.05) is 11.5 Å². The molecule has 4 aliphatic rings. The molecule has 96 valence electrons. The Balaban J connectivity index is 1.64. The van der Waals surface area contributed by atoms with E-state index in [0.717, 1.165) is 23.2 Å². The first-order valence-corrected chi connectivity index (χ1v) is 9.52. The van der Waals surface area contributed by atoms with Crippen molar-refractivity contribution in [3.05, 3.63) is 0 Å². The summed E-state index contributed by atoms with van der Waals surface area (Å²) in [7, 11) is 0. The average molecular weight is 268 g/mol. The fraction of sp³-hybridized carbons (Fsp3) is 1.00. The minimum atomic E-state index is 0.678. The lowest BCUT2D eigenvalue weighted by Gasteiger charge is -2.65. The molecule has 4 fully saturated rings. The van der Waals surface area contributed by atoms with Crippen LogP contribution in [-0.4, -0.2) is 15.6 Å². The second-order valence-electron chi connectivity index (χ2n) is 6.86. The van der Waals surface area contributed by atoms with E-state index in [1.165, 1.54) is 37.2 Å². The van der Waals surface area contributed by atoms with Gasteiger partial charge in [0.2, 0.25) is 0 Å². The van der Waals surface area contributed by atoms with Crippen LogP contribution >= 0.6 is 23.5 Å². The first kappa shape index (κ1) is 11.5. The van der Waals surface area contributed by atoms with Crippen LogP contribution in [0, 0.1) is 23.2 Å². The molecule has 1 saturated heterocycles. The maximum Gasteiger partial charge on any atom is 0.0644 e. The standard InChI is InChI=1S/C15H24S2/c1-11-4-7-14-5-2-6-15(13(14)10-12(11)14)16-8-3-9-17-15/h11-13H,2-10H2,1H3/t11-,12+,13-,14-/m1/s1. The largest absolute Gasteiger partial charge is 0.144 e. The van der Waals surface area contributed by atoms with E-state index in [1.54, 1.807) is 19.3 Å². The zero-order chi connectivity index (χ0) is 11.5. The van der Waals surface area contributed by atoms with E-state index in [9.17, 15) is 0 Å². The molecule has 0 bridgehead atoms. The molecule has 3 aliphatic carbocycles. The minimum Gasteiger partial charge on any atom is -0.144 e. The predicted molar refractivity (Wildman–Crippen MR) is 78.5 cm³/mol. The van der Waals surface area contributed by atoms with E-state index in [0.29, 0.717) is 4.08 Å². The Bertz CT molecular complexity index is 299. The molecule has 0 N–H and O–H groups in total. The highest BCUT2D eigenvalue weighted by Gasteiger charge is 2.67. The maximum atomic E-state index is 2.53. The Hall–Kier alpha value is 0.700. The molecule has 2 spiro atoms. The summed E-state index contributed by atoms with van der Waals surface area (Å²) in [6.07, 6.45) is 10.8. The lowest BCUT2D eigenvalue weighted by molar-refractivity contribution is -0.0780. The normalized spacial score (nSPS) is 51.7. The number of thioether (sulfide) groups is 2. The molecule has 0 aromatic heterocycles. The summed E-state index contributed by atoms with van der Waals surface area (Å²) in [5.41, 5.74) is 0.828. The molecule has 4 rings (SSSR count). The molecule has 0 aromatic rings. The Kier molecular flexibility index (Phi) is 2.61. The molecule has 4 atom stereocenters. The van der Waals surface area contributed by atoms with Crippen LogP contribution in [0.4, 0.5) is 0 Å². The molecule has 0 nitrogen and oxygen atoms in total. The van der Waals surface area contributed by atoms with E-state index in [4.69, 9.17) is 0 Å². The van der Waals surface area contributed by atoms with E-state index in [1.807, 2.05) is 0 Å². The van der Waals surface area contributed by atoms with Gasteiger partial charge in [-0.15, -0.1) is 23.5 Å². The molecular formula is C15H24S2. The van der Waals surface area contributed by atoms with Crippen molar-refractivity contribution in [3.8, 4) is 0 Å². The average Bonchev–Trinajstić information content (AvgIpc) is 2.53. The molecule has 1 aliphatic heterocycles. The number of hydrogen-bond acceptors (Lipinski definition) is 2. The van der Waals surface area contributed by atoms with Crippen LogP contribution < -0.4 is 0 Å². The highest BCUT2D eigenvalue weighted by atomic mass is 32.2.